The van der Waals surface area contributed by atoms with Crippen molar-refractivity contribution in [1.82, 2.24) is 34.9 Å². The molecule has 0 bridgehead atoms. The largest absolute Gasteiger partial charge is 0.361 e. The molecule has 26 heavy (non-hydrogen) atoms. The predicted octanol–water partition coefficient (Wildman–Crippen LogP) is 0.769. The zero-order chi connectivity index (χ0) is 18.1. The Bertz CT molecular complexity index is 883. The summed E-state index contributed by atoms with van der Waals surface area (Å²) in [5, 5.41) is 15.2. The van der Waals surface area contributed by atoms with Crippen LogP contribution in [-0.4, -0.2) is 54.7 Å². The van der Waals surface area contributed by atoms with Gasteiger partial charge in [0.2, 0.25) is 0 Å². The van der Waals surface area contributed by atoms with Crippen molar-refractivity contribution in [2.45, 2.75) is 25.6 Å². The smallest absolute Gasteiger partial charge is 0.253 e. The molecular formula is C17H21N7O2. The molecule has 136 valence electrons. The first-order valence-corrected chi connectivity index (χ1v) is 8.51. The van der Waals surface area contributed by atoms with Gasteiger partial charge in [0.05, 0.1) is 29.5 Å². The second-order valence-corrected chi connectivity index (χ2v) is 6.72. The number of likely N-dealkylation sites (tertiary alicyclic amines) is 1. The number of aryl methyl sites for hydroxylation is 2. The number of carbonyl (C=O) groups is 1. The van der Waals surface area contributed by atoms with Crippen LogP contribution in [0.4, 0.5) is 0 Å². The van der Waals surface area contributed by atoms with Crippen LogP contribution in [0.15, 0.2) is 41.4 Å². The first kappa shape index (κ1) is 16.5. The molecule has 3 aromatic heterocycles. The second kappa shape index (κ2) is 6.75. The Labute approximate surface area is 150 Å². The normalized spacial score (nSPS) is 20.5. The summed E-state index contributed by atoms with van der Waals surface area (Å²) in [5.74, 6) is 0.709. The Morgan fingerprint density at radius 2 is 2.27 bits per heavy atom. The molecule has 0 spiro atoms. The number of hydrogen-bond acceptors (Lipinski definition) is 6. The van der Waals surface area contributed by atoms with E-state index >= 15 is 0 Å². The third-order valence-corrected chi connectivity index (χ3v) is 4.62. The monoisotopic (exact) mass is 355 g/mol. The lowest BCUT2D eigenvalue weighted by molar-refractivity contribution is 0.0929. The van der Waals surface area contributed by atoms with Crippen LogP contribution in [0, 0.1) is 6.92 Å². The molecule has 1 fully saturated rings. The average molecular weight is 355 g/mol. The zero-order valence-electron chi connectivity index (χ0n) is 14.7. The number of aromatic nitrogens is 5. The summed E-state index contributed by atoms with van der Waals surface area (Å²) in [7, 11) is 1.90. The van der Waals surface area contributed by atoms with E-state index in [1.807, 2.05) is 53.9 Å². The van der Waals surface area contributed by atoms with Crippen LogP contribution in [-0.2, 0) is 13.6 Å². The lowest BCUT2D eigenvalue weighted by Gasteiger charge is -2.19. The van der Waals surface area contributed by atoms with Crippen LogP contribution in [0.2, 0.25) is 0 Å². The van der Waals surface area contributed by atoms with Gasteiger partial charge in [0, 0.05) is 51.3 Å². The van der Waals surface area contributed by atoms with Gasteiger partial charge in [0.1, 0.15) is 5.76 Å². The predicted molar refractivity (Wildman–Crippen MR) is 92.2 cm³/mol. The molecule has 1 amide bonds. The van der Waals surface area contributed by atoms with E-state index < -0.39 is 0 Å². The minimum absolute atomic E-state index is 0.0122. The molecule has 3 aromatic rings. The summed E-state index contributed by atoms with van der Waals surface area (Å²) < 4.78 is 8.82. The Kier molecular flexibility index (Phi) is 4.29. The van der Waals surface area contributed by atoms with Gasteiger partial charge in [-0.25, -0.2) is 4.68 Å². The third-order valence-electron chi connectivity index (χ3n) is 4.62. The molecule has 0 aliphatic carbocycles. The van der Waals surface area contributed by atoms with Gasteiger partial charge in [-0.3, -0.25) is 9.69 Å². The van der Waals surface area contributed by atoms with Gasteiger partial charge in [-0.15, -0.1) is 5.10 Å². The Morgan fingerprint density at radius 1 is 1.38 bits per heavy atom. The van der Waals surface area contributed by atoms with Gasteiger partial charge in [0.15, 0.2) is 0 Å². The Hall–Kier alpha value is -2.94. The molecule has 0 radical (unpaired) electrons. The van der Waals surface area contributed by atoms with Crippen LogP contribution in [0.3, 0.4) is 0 Å². The number of amides is 1. The van der Waals surface area contributed by atoms with E-state index in [2.05, 4.69) is 25.7 Å². The van der Waals surface area contributed by atoms with Crippen LogP contribution in [0.1, 0.15) is 27.9 Å². The molecule has 4 rings (SSSR count). The van der Waals surface area contributed by atoms with Crippen LogP contribution in [0.25, 0.3) is 0 Å². The standard InChI is InChI=1S/C17H21N7O2/c1-12-7-14(20-26-12)9-23-10-15(16(11-23)24-6-4-18-21-24)19-17(25)13-3-5-22(2)8-13/h3-8,15-16H,9-11H2,1-2H3,(H,19,25)/t15-,16+/m1/s1. The summed E-state index contributed by atoms with van der Waals surface area (Å²) in [6, 6.07) is 3.68. The Morgan fingerprint density at radius 3 is 2.92 bits per heavy atom. The minimum atomic E-state index is -0.0835. The highest BCUT2D eigenvalue weighted by atomic mass is 16.5. The summed E-state index contributed by atoms with van der Waals surface area (Å²) in [6.07, 6.45) is 7.15. The first-order chi connectivity index (χ1) is 12.6. The highest BCUT2D eigenvalue weighted by Crippen LogP contribution is 2.23. The number of rotatable bonds is 5. The van der Waals surface area contributed by atoms with E-state index in [1.165, 1.54) is 0 Å². The number of nitrogens with zero attached hydrogens (tertiary/aromatic N) is 6. The van der Waals surface area contributed by atoms with Gasteiger partial charge in [0.25, 0.3) is 5.91 Å². The highest BCUT2D eigenvalue weighted by Gasteiger charge is 2.36. The SMILES string of the molecule is Cc1cc(CN2C[C@@H](NC(=O)c3ccn(C)c3)[C@@H](n3ccnn3)C2)no1. The molecule has 2 atom stereocenters. The number of carbonyl (C=O) groups excluding carboxylic acids is 1. The molecule has 0 aromatic carbocycles. The summed E-state index contributed by atoms with van der Waals surface area (Å²) in [5.41, 5.74) is 1.53. The van der Waals surface area contributed by atoms with Crippen molar-refractivity contribution in [1.29, 1.82) is 0 Å². The minimum Gasteiger partial charge on any atom is -0.361 e. The van der Waals surface area contributed by atoms with Crippen LogP contribution >= 0.6 is 0 Å². The van der Waals surface area contributed by atoms with E-state index in [-0.39, 0.29) is 18.0 Å². The first-order valence-electron chi connectivity index (χ1n) is 8.51. The second-order valence-electron chi connectivity index (χ2n) is 6.72. The third kappa shape index (κ3) is 3.38. The van der Waals surface area contributed by atoms with Crippen molar-refractivity contribution in [3.63, 3.8) is 0 Å². The molecular weight excluding hydrogens is 334 g/mol. The zero-order valence-corrected chi connectivity index (χ0v) is 14.7. The van der Waals surface area contributed by atoms with E-state index in [0.717, 1.165) is 18.0 Å². The van der Waals surface area contributed by atoms with E-state index in [9.17, 15) is 4.79 Å². The Balaban J connectivity index is 1.49. The van der Waals surface area contributed by atoms with E-state index in [4.69, 9.17) is 4.52 Å². The maximum absolute atomic E-state index is 12.6. The van der Waals surface area contributed by atoms with E-state index in [0.29, 0.717) is 18.7 Å². The maximum atomic E-state index is 12.6. The molecule has 0 saturated carbocycles. The molecule has 0 unspecified atom stereocenters. The van der Waals surface area contributed by atoms with Gasteiger partial charge >= 0.3 is 0 Å². The molecule has 1 aliphatic heterocycles. The fourth-order valence-electron chi connectivity index (χ4n) is 3.41. The molecule has 1 saturated heterocycles. The topological polar surface area (TPSA) is 94.0 Å². The molecule has 9 nitrogen and oxygen atoms in total. The summed E-state index contributed by atoms with van der Waals surface area (Å²) in [6.45, 7) is 3.99. The number of nitrogens with one attached hydrogen (secondary N) is 1. The molecule has 1 N–H and O–H groups in total. The van der Waals surface area contributed by atoms with Crippen molar-refractivity contribution in [3.05, 3.63) is 53.9 Å². The van der Waals surface area contributed by atoms with Gasteiger partial charge in [-0.1, -0.05) is 10.4 Å². The quantitative estimate of drug-likeness (QED) is 0.726. The summed E-state index contributed by atoms with van der Waals surface area (Å²) in [4.78, 5) is 14.8. The fourth-order valence-corrected chi connectivity index (χ4v) is 3.41. The number of hydrogen-bond donors (Lipinski definition) is 1. The van der Waals surface area contributed by atoms with Crippen molar-refractivity contribution in [2.75, 3.05) is 13.1 Å². The van der Waals surface area contributed by atoms with Crippen LogP contribution < -0.4 is 5.32 Å². The molecule has 9 heteroatoms. The average Bonchev–Trinajstić information content (AvgIpc) is 3.36. The highest BCUT2D eigenvalue weighted by molar-refractivity contribution is 5.94. The molecule has 4 heterocycles. The van der Waals surface area contributed by atoms with Gasteiger partial charge in [-0.05, 0) is 13.0 Å². The van der Waals surface area contributed by atoms with Crippen LogP contribution in [0.5, 0.6) is 0 Å². The van der Waals surface area contributed by atoms with Gasteiger partial charge in [-0.2, -0.15) is 0 Å². The maximum Gasteiger partial charge on any atom is 0.253 e. The fraction of sp³-hybridized carbons (Fsp3) is 0.412. The van der Waals surface area contributed by atoms with Crippen molar-refractivity contribution < 1.29 is 9.32 Å². The molecule has 1 aliphatic rings. The van der Waals surface area contributed by atoms with Gasteiger partial charge < -0.3 is 14.4 Å². The van der Waals surface area contributed by atoms with E-state index in [1.54, 1.807) is 6.20 Å². The van der Waals surface area contributed by atoms with Crippen molar-refractivity contribution in [3.8, 4) is 0 Å². The summed E-state index contributed by atoms with van der Waals surface area (Å²) >= 11 is 0. The lowest BCUT2D eigenvalue weighted by Crippen LogP contribution is -2.41. The lowest BCUT2D eigenvalue weighted by atomic mass is 10.1. The van der Waals surface area contributed by atoms with Crippen molar-refractivity contribution >= 4 is 5.91 Å². The van der Waals surface area contributed by atoms with Crippen molar-refractivity contribution in [2.24, 2.45) is 7.05 Å².